The fourth-order valence-electron chi connectivity index (χ4n) is 3.73. The molecule has 5 heteroatoms. The van der Waals surface area contributed by atoms with Gasteiger partial charge < -0.3 is 9.84 Å². The number of carboxylic acids is 1. The molecule has 1 N–H and O–H groups in total. The summed E-state index contributed by atoms with van der Waals surface area (Å²) in [5.41, 5.74) is 1.14. The van der Waals surface area contributed by atoms with Crippen LogP contribution in [-0.4, -0.2) is 39.8 Å². The first-order chi connectivity index (χ1) is 13.2. The van der Waals surface area contributed by atoms with Gasteiger partial charge in [-0.25, -0.2) is 9.59 Å². The highest BCUT2D eigenvalue weighted by Crippen LogP contribution is 2.35. The largest absolute Gasteiger partial charge is 0.479 e. The van der Waals surface area contributed by atoms with Gasteiger partial charge in [0.2, 0.25) is 0 Å². The van der Waals surface area contributed by atoms with Crippen LogP contribution in [0, 0.1) is 0 Å². The Kier molecular flexibility index (Phi) is 5.45. The normalized spacial score (nSPS) is 19.5. The zero-order chi connectivity index (χ0) is 20.4. The van der Waals surface area contributed by atoms with E-state index in [1.165, 1.54) is 4.90 Å². The average Bonchev–Trinajstić information content (AvgIpc) is 3.07. The highest BCUT2D eigenvalue weighted by Gasteiger charge is 2.51. The van der Waals surface area contributed by atoms with Crippen LogP contribution in [-0.2, 0) is 16.0 Å². The second kappa shape index (κ2) is 7.66. The van der Waals surface area contributed by atoms with Crippen LogP contribution >= 0.6 is 0 Å². The highest BCUT2D eigenvalue weighted by atomic mass is 16.6. The number of amides is 1. The van der Waals surface area contributed by atoms with Crippen molar-refractivity contribution in [2.45, 2.75) is 51.2 Å². The average molecular weight is 381 g/mol. The van der Waals surface area contributed by atoms with Crippen molar-refractivity contribution in [3.05, 3.63) is 60.2 Å². The Morgan fingerprint density at radius 3 is 2.21 bits per heavy atom. The Morgan fingerprint density at radius 1 is 1.04 bits per heavy atom. The molecule has 0 bridgehead atoms. The molecule has 0 aliphatic carbocycles. The van der Waals surface area contributed by atoms with Crippen molar-refractivity contribution in [3.8, 4) is 11.1 Å². The zero-order valence-corrected chi connectivity index (χ0v) is 16.6. The minimum Gasteiger partial charge on any atom is -0.479 e. The molecular formula is C23H27NO4. The summed E-state index contributed by atoms with van der Waals surface area (Å²) in [5.74, 6) is -0.983. The van der Waals surface area contributed by atoms with Crippen molar-refractivity contribution in [2.24, 2.45) is 0 Å². The molecule has 1 atom stereocenters. The molecule has 2 aromatic rings. The molecule has 0 spiro atoms. The highest BCUT2D eigenvalue weighted by molar-refractivity contribution is 5.85. The Morgan fingerprint density at radius 2 is 1.64 bits per heavy atom. The first-order valence-electron chi connectivity index (χ1n) is 9.60. The number of rotatable bonds is 4. The number of benzene rings is 2. The topological polar surface area (TPSA) is 66.8 Å². The number of aliphatic carboxylic acids is 1. The lowest BCUT2D eigenvalue weighted by molar-refractivity contribution is -0.149. The van der Waals surface area contributed by atoms with Gasteiger partial charge in [0.15, 0.2) is 0 Å². The van der Waals surface area contributed by atoms with Crippen LogP contribution in [0.4, 0.5) is 4.79 Å². The van der Waals surface area contributed by atoms with Gasteiger partial charge in [-0.15, -0.1) is 0 Å². The molecule has 5 nitrogen and oxygen atoms in total. The van der Waals surface area contributed by atoms with Gasteiger partial charge in [0.1, 0.15) is 11.1 Å². The van der Waals surface area contributed by atoms with Crippen molar-refractivity contribution in [2.75, 3.05) is 6.54 Å². The van der Waals surface area contributed by atoms with Gasteiger partial charge in [-0.05, 0) is 50.3 Å². The van der Waals surface area contributed by atoms with E-state index < -0.39 is 23.2 Å². The van der Waals surface area contributed by atoms with Crippen LogP contribution < -0.4 is 0 Å². The molecule has 0 saturated carbocycles. The number of nitrogens with zero attached hydrogens (tertiary/aromatic N) is 1. The van der Waals surface area contributed by atoms with Crippen LogP contribution in [0.15, 0.2) is 54.6 Å². The Bertz CT molecular complexity index is 839. The molecule has 1 heterocycles. The minimum atomic E-state index is -1.27. The molecule has 1 fully saturated rings. The maximum Gasteiger partial charge on any atom is 0.411 e. The van der Waals surface area contributed by atoms with Gasteiger partial charge in [-0.2, -0.15) is 0 Å². The lowest BCUT2D eigenvalue weighted by Gasteiger charge is -2.36. The molecule has 0 aromatic heterocycles. The molecule has 1 aliphatic heterocycles. The number of carbonyl (C=O) groups is 2. The van der Waals surface area contributed by atoms with Crippen LogP contribution in [0.25, 0.3) is 11.1 Å². The maximum absolute atomic E-state index is 12.7. The number of carboxylic acid groups (broad SMARTS) is 1. The first-order valence-corrected chi connectivity index (χ1v) is 9.60. The van der Waals surface area contributed by atoms with E-state index in [1.807, 2.05) is 54.6 Å². The van der Waals surface area contributed by atoms with Crippen molar-refractivity contribution >= 4 is 12.1 Å². The smallest absolute Gasteiger partial charge is 0.411 e. The third kappa shape index (κ3) is 4.19. The van der Waals surface area contributed by atoms with Gasteiger partial charge in [0, 0.05) is 13.0 Å². The molecule has 2 aromatic carbocycles. The Labute approximate surface area is 165 Å². The molecule has 0 radical (unpaired) electrons. The SMILES string of the molecule is CC(C)(C)OC(=O)N1CCC[C@]1(Cc1ccc(-c2ccccc2)cc1)C(=O)O. The fraction of sp³-hybridized carbons (Fsp3) is 0.391. The van der Waals surface area contributed by atoms with E-state index in [0.29, 0.717) is 19.4 Å². The van der Waals surface area contributed by atoms with Crippen molar-refractivity contribution in [3.63, 3.8) is 0 Å². The number of ether oxygens (including phenoxy) is 1. The van der Waals surface area contributed by atoms with Gasteiger partial charge in [-0.3, -0.25) is 4.90 Å². The Balaban J connectivity index is 1.84. The summed E-state index contributed by atoms with van der Waals surface area (Å²) in [4.78, 5) is 26.3. The molecule has 1 amide bonds. The van der Waals surface area contributed by atoms with Crippen LogP contribution in [0.1, 0.15) is 39.2 Å². The summed E-state index contributed by atoms with van der Waals surface area (Å²) in [6, 6.07) is 17.9. The summed E-state index contributed by atoms with van der Waals surface area (Å²) in [6.45, 7) is 5.74. The van der Waals surface area contributed by atoms with E-state index in [-0.39, 0.29) is 6.42 Å². The standard InChI is InChI=1S/C23H27NO4/c1-22(2,3)28-21(27)24-15-7-14-23(24,20(25)26)16-17-10-12-19(13-11-17)18-8-5-4-6-9-18/h4-6,8-13H,7,14-16H2,1-3H3,(H,25,26)/t23-/m0/s1. The van der Waals surface area contributed by atoms with Crippen molar-refractivity contribution in [1.82, 2.24) is 4.90 Å². The summed E-state index contributed by atoms with van der Waals surface area (Å²) in [7, 11) is 0. The minimum absolute atomic E-state index is 0.261. The number of hydrogen-bond acceptors (Lipinski definition) is 3. The van der Waals surface area contributed by atoms with E-state index in [0.717, 1.165) is 16.7 Å². The van der Waals surface area contributed by atoms with Gasteiger partial charge in [0.05, 0.1) is 0 Å². The Hall–Kier alpha value is -2.82. The molecule has 148 valence electrons. The van der Waals surface area contributed by atoms with Crippen molar-refractivity contribution < 1.29 is 19.4 Å². The first kappa shape index (κ1) is 19.9. The molecule has 3 rings (SSSR count). The predicted molar refractivity (Wildman–Crippen MR) is 108 cm³/mol. The van der Waals surface area contributed by atoms with E-state index in [4.69, 9.17) is 4.74 Å². The second-order valence-electron chi connectivity index (χ2n) is 8.31. The van der Waals surface area contributed by atoms with Crippen LogP contribution in [0.3, 0.4) is 0 Å². The van der Waals surface area contributed by atoms with E-state index in [1.54, 1.807) is 20.8 Å². The zero-order valence-electron chi connectivity index (χ0n) is 16.6. The van der Waals surface area contributed by atoms with E-state index >= 15 is 0 Å². The summed E-state index contributed by atoms with van der Waals surface area (Å²) < 4.78 is 5.47. The van der Waals surface area contributed by atoms with E-state index in [9.17, 15) is 14.7 Å². The molecule has 1 aliphatic rings. The maximum atomic E-state index is 12.7. The molecule has 1 saturated heterocycles. The quantitative estimate of drug-likeness (QED) is 0.830. The summed E-state index contributed by atoms with van der Waals surface area (Å²) in [5, 5.41) is 10.0. The predicted octanol–water partition coefficient (Wildman–Crippen LogP) is 4.75. The van der Waals surface area contributed by atoms with Gasteiger partial charge >= 0.3 is 12.1 Å². The van der Waals surface area contributed by atoms with Gasteiger partial charge in [0.25, 0.3) is 0 Å². The molecular weight excluding hydrogens is 354 g/mol. The van der Waals surface area contributed by atoms with Gasteiger partial charge in [-0.1, -0.05) is 54.6 Å². The van der Waals surface area contributed by atoms with Crippen LogP contribution in [0.5, 0.6) is 0 Å². The fourth-order valence-corrected chi connectivity index (χ4v) is 3.73. The third-order valence-corrected chi connectivity index (χ3v) is 5.06. The second-order valence-corrected chi connectivity index (χ2v) is 8.31. The molecule has 28 heavy (non-hydrogen) atoms. The lowest BCUT2D eigenvalue weighted by atomic mass is 9.87. The monoisotopic (exact) mass is 381 g/mol. The van der Waals surface area contributed by atoms with E-state index in [2.05, 4.69) is 0 Å². The molecule has 0 unspecified atom stereocenters. The third-order valence-electron chi connectivity index (χ3n) is 5.06. The van der Waals surface area contributed by atoms with Crippen molar-refractivity contribution in [1.29, 1.82) is 0 Å². The lowest BCUT2D eigenvalue weighted by Crippen LogP contribution is -2.55. The number of hydrogen-bond donors (Lipinski definition) is 1. The summed E-state index contributed by atoms with van der Waals surface area (Å²) in [6.07, 6.45) is 0.764. The summed E-state index contributed by atoms with van der Waals surface area (Å²) >= 11 is 0. The number of carbonyl (C=O) groups excluding carboxylic acids is 1. The van der Waals surface area contributed by atoms with Crippen LogP contribution in [0.2, 0.25) is 0 Å². The number of likely N-dealkylation sites (tertiary alicyclic amines) is 1.